The lowest BCUT2D eigenvalue weighted by Gasteiger charge is -2.43. The van der Waals surface area contributed by atoms with Crippen LogP contribution in [0.25, 0.3) is 0 Å². The van der Waals surface area contributed by atoms with Gasteiger partial charge in [0, 0.05) is 35.2 Å². The van der Waals surface area contributed by atoms with E-state index in [1.54, 1.807) is 0 Å². The van der Waals surface area contributed by atoms with Crippen LogP contribution in [0.4, 0.5) is 0 Å². The lowest BCUT2D eigenvalue weighted by atomic mass is 9.98. The molecule has 1 fully saturated rings. The average Bonchev–Trinajstić information content (AvgIpc) is 2.44. The van der Waals surface area contributed by atoms with Crippen LogP contribution in [0.2, 0.25) is 0 Å². The van der Waals surface area contributed by atoms with Crippen molar-refractivity contribution in [1.29, 1.82) is 0 Å². The molecule has 0 amide bonds. The molecule has 0 saturated carbocycles. The molecule has 0 unspecified atom stereocenters. The highest BCUT2D eigenvalue weighted by Gasteiger charge is 2.49. The van der Waals surface area contributed by atoms with Crippen LogP contribution in [0.5, 0.6) is 0 Å². The molecule has 0 spiro atoms. The van der Waals surface area contributed by atoms with E-state index in [1.165, 1.54) is 35.2 Å². The highest BCUT2D eigenvalue weighted by molar-refractivity contribution is 5.66. The molecule has 0 aromatic rings. The average molecular weight is 306 g/mol. The van der Waals surface area contributed by atoms with E-state index in [0.717, 1.165) is 0 Å². The molecule has 0 radical (unpaired) electrons. The minimum absolute atomic E-state index is 0.0799. The molecular weight excluding hydrogens is 284 g/mol. The molecule has 1 heterocycles. The number of carbonyl (C=O) groups excluding carboxylic acids is 2. The number of rotatable bonds is 6. The smallest absolute Gasteiger partial charge is 0.303 e. The Balaban J connectivity index is 2.95. The van der Waals surface area contributed by atoms with E-state index in [0.29, 0.717) is 0 Å². The topological polar surface area (TPSA) is 89.5 Å². The summed E-state index contributed by atoms with van der Waals surface area (Å²) in [5.74, 6) is -0.957. The third-order valence-electron chi connectivity index (χ3n) is 3.12. The fraction of sp³-hybridized carbons (Fsp3) is 0.846. The van der Waals surface area contributed by atoms with Crippen LogP contribution >= 0.6 is 0 Å². The molecule has 0 N–H and O–H groups in total. The minimum atomic E-state index is -0.775. The summed E-state index contributed by atoms with van der Waals surface area (Å²) in [6, 6.07) is 0. The molecule has 8 heteroatoms. The van der Waals surface area contributed by atoms with Crippen molar-refractivity contribution in [3.63, 3.8) is 0 Å². The van der Waals surface area contributed by atoms with E-state index in [9.17, 15) is 9.59 Å². The molecule has 5 atom stereocenters. The SMILES string of the molecule is CO[C@H]1O[C@H](COC(C)=O)[C@@H](OC(C)=O)[C@H](OC)[C@@H]1OC. The van der Waals surface area contributed by atoms with Gasteiger partial charge in [-0.1, -0.05) is 0 Å². The van der Waals surface area contributed by atoms with Gasteiger partial charge in [-0.3, -0.25) is 9.59 Å². The van der Waals surface area contributed by atoms with Gasteiger partial charge in [0.15, 0.2) is 12.4 Å². The van der Waals surface area contributed by atoms with Crippen molar-refractivity contribution in [3.8, 4) is 0 Å². The summed E-state index contributed by atoms with van der Waals surface area (Å²) in [7, 11) is 4.40. The second-order valence-corrected chi connectivity index (χ2v) is 4.56. The van der Waals surface area contributed by atoms with Crippen molar-refractivity contribution in [2.24, 2.45) is 0 Å². The maximum Gasteiger partial charge on any atom is 0.303 e. The van der Waals surface area contributed by atoms with Gasteiger partial charge in [-0.2, -0.15) is 0 Å². The number of methoxy groups -OCH3 is 3. The van der Waals surface area contributed by atoms with Crippen LogP contribution in [0.1, 0.15) is 13.8 Å². The van der Waals surface area contributed by atoms with Gasteiger partial charge in [0.1, 0.15) is 24.9 Å². The molecule has 0 aromatic heterocycles. The molecule has 1 aliphatic rings. The third kappa shape index (κ3) is 4.63. The van der Waals surface area contributed by atoms with Crippen molar-refractivity contribution in [1.82, 2.24) is 0 Å². The lowest BCUT2D eigenvalue weighted by Crippen LogP contribution is -2.61. The van der Waals surface area contributed by atoms with E-state index in [-0.39, 0.29) is 6.61 Å². The Bertz CT molecular complexity index is 358. The third-order valence-corrected chi connectivity index (χ3v) is 3.12. The van der Waals surface area contributed by atoms with Crippen LogP contribution in [-0.2, 0) is 38.0 Å². The highest BCUT2D eigenvalue weighted by atomic mass is 16.7. The van der Waals surface area contributed by atoms with Gasteiger partial charge in [-0.25, -0.2) is 0 Å². The summed E-state index contributed by atoms with van der Waals surface area (Å²) in [4.78, 5) is 22.3. The summed E-state index contributed by atoms with van der Waals surface area (Å²) in [6.07, 6.45) is -3.41. The molecule has 0 aliphatic carbocycles. The maximum atomic E-state index is 11.3. The molecule has 0 bridgehead atoms. The molecular formula is C13H22O8. The lowest BCUT2D eigenvalue weighted by molar-refractivity contribution is -0.305. The normalized spacial score (nSPS) is 32.5. The number of carbonyl (C=O) groups is 2. The van der Waals surface area contributed by atoms with E-state index in [2.05, 4.69) is 0 Å². The molecule has 1 saturated heterocycles. The second kappa shape index (κ2) is 8.28. The largest absolute Gasteiger partial charge is 0.463 e. The van der Waals surface area contributed by atoms with Gasteiger partial charge in [0.25, 0.3) is 0 Å². The van der Waals surface area contributed by atoms with Crippen molar-refractivity contribution in [2.75, 3.05) is 27.9 Å². The summed E-state index contributed by atoms with van der Waals surface area (Å²) in [6.45, 7) is 2.48. The standard InChI is InChI=1S/C13H22O8/c1-7(14)19-6-9-10(20-8(2)15)11(16-3)12(17-4)13(18-5)21-9/h9-13H,6H2,1-5H3/t9-,10-,11+,12+,13+/m1/s1. The first-order chi connectivity index (χ1) is 9.94. The predicted molar refractivity (Wildman–Crippen MR) is 69.5 cm³/mol. The zero-order valence-corrected chi connectivity index (χ0v) is 12.9. The summed E-state index contributed by atoms with van der Waals surface area (Å²) >= 11 is 0. The van der Waals surface area contributed by atoms with Gasteiger partial charge in [-0.15, -0.1) is 0 Å². The Morgan fingerprint density at radius 3 is 1.95 bits per heavy atom. The van der Waals surface area contributed by atoms with Crippen molar-refractivity contribution < 1.29 is 38.0 Å². The van der Waals surface area contributed by atoms with E-state index < -0.39 is 42.6 Å². The molecule has 8 nitrogen and oxygen atoms in total. The van der Waals surface area contributed by atoms with Crippen LogP contribution in [-0.4, -0.2) is 70.6 Å². The van der Waals surface area contributed by atoms with Crippen molar-refractivity contribution in [2.45, 2.75) is 44.6 Å². The van der Waals surface area contributed by atoms with E-state index >= 15 is 0 Å². The number of esters is 2. The quantitative estimate of drug-likeness (QED) is 0.628. The first kappa shape index (κ1) is 17.8. The molecule has 21 heavy (non-hydrogen) atoms. The number of hydrogen-bond donors (Lipinski definition) is 0. The van der Waals surface area contributed by atoms with Gasteiger partial charge in [0.05, 0.1) is 0 Å². The number of ether oxygens (including phenoxy) is 6. The van der Waals surface area contributed by atoms with Gasteiger partial charge < -0.3 is 28.4 Å². The van der Waals surface area contributed by atoms with Gasteiger partial charge >= 0.3 is 11.9 Å². The minimum Gasteiger partial charge on any atom is -0.463 e. The van der Waals surface area contributed by atoms with Crippen LogP contribution in [0.3, 0.4) is 0 Å². The first-order valence-electron chi connectivity index (χ1n) is 6.49. The predicted octanol–water partition coefficient (Wildman–Crippen LogP) is -0.117. The summed E-state index contributed by atoms with van der Waals surface area (Å²) < 4.78 is 31.7. The van der Waals surface area contributed by atoms with Crippen LogP contribution < -0.4 is 0 Å². The first-order valence-corrected chi connectivity index (χ1v) is 6.49. The van der Waals surface area contributed by atoms with Crippen molar-refractivity contribution in [3.05, 3.63) is 0 Å². The Labute approximate surface area is 123 Å². The zero-order valence-electron chi connectivity index (χ0n) is 12.9. The summed E-state index contributed by atoms with van der Waals surface area (Å²) in [5, 5.41) is 0. The molecule has 122 valence electrons. The fourth-order valence-electron chi connectivity index (χ4n) is 2.25. The van der Waals surface area contributed by atoms with Crippen molar-refractivity contribution >= 4 is 11.9 Å². The Kier molecular flexibility index (Phi) is 7.03. The fourth-order valence-corrected chi connectivity index (χ4v) is 2.25. The van der Waals surface area contributed by atoms with Gasteiger partial charge in [-0.05, 0) is 0 Å². The van der Waals surface area contributed by atoms with E-state index in [1.807, 2.05) is 0 Å². The zero-order chi connectivity index (χ0) is 16.0. The molecule has 1 rings (SSSR count). The molecule has 1 aliphatic heterocycles. The molecule has 0 aromatic carbocycles. The second-order valence-electron chi connectivity index (χ2n) is 4.56. The monoisotopic (exact) mass is 306 g/mol. The Morgan fingerprint density at radius 2 is 1.52 bits per heavy atom. The Morgan fingerprint density at radius 1 is 0.905 bits per heavy atom. The van der Waals surface area contributed by atoms with Crippen LogP contribution in [0, 0.1) is 0 Å². The van der Waals surface area contributed by atoms with Gasteiger partial charge in [0.2, 0.25) is 0 Å². The summed E-state index contributed by atoms with van der Waals surface area (Å²) in [5.41, 5.74) is 0. The number of hydrogen-bond acceptors (Lipinski definition) is 8. The van der Waals surface area contributed by atoms with Crippen LogP contribution in [0.15, 0.2) is 0 Å². The van der Waals surface area contributed by atoms with E-state index in [4.69, 9.17) is 28.4 Å². The highest BCUT2D eigenvalue weighted by Crippen LogP contribution is 2.28. The Hall–Kier alpha value is -1.22. The maximum absolute atomic E-state index is 11.3.